The first kappa shape index (κ1) is 22.2. The zero-order valence-electron chi connectivity index (χ0n) is 16.9. The van der Waals surface area contributed by atoms with Crippen LogP contribution in [0.2, 0.25) is 0 Å². The maximum Gasteiger partial charge on any atom is 0.573 e. The molecule has 0 atom stereocenters. The molecule has 7 nitrogen and oxygen atoms in total. The summed E-state index contributed by atoms with van der Waals surface area (Å²) in [5, 5.41) is 12.9. The standard InChI is InChI=1S/C23H17F3N2O5/c24-23(25,26)33-15-6-3-5-14(11-15)12-27-22(31)28-17-8-2-1-7-16(17)21-18(28)9-4-10-19(21)32-20(30)13-29/h1-11,29H,12-13H2,(H,27,31). The van der Waals surface area contributed by atoms with Gasteiger partial charge in [0.1, 0.15) is 18.1 Å². The fraction of sp³-hybridized carbons (Fsp3) is 0.130. The Morgan fingerprint density at radius 3 is 2.45 bits per heavy atom. The molecule has 2 N–H and O–H groups in total. The van der Waals surface area contributed by atoms with Gasteiger partial charge in [0.15, 0.2) is 0 Å². The molecule has 1 heterocycles. The Morgan fingerprint density at radius 2 is 1.70 bits per heavy atom. The van der Waals surface area contributed by atoms with Gasteiger partial charge in [-0.1, -0.05) is 36.4 Å². The molecule has 33 heavy (non-hydrogen) atoms. The fourth-order valence-electron chi connectivity index (χ4n) is 3.55. The maximum absolute atomic E-state index is 13.1. The fourth-order valence-corrected chi connectivity index (χ4v) is 3.55. The number of hydrogen-bond acceptors (Lipinski definition) is 5. The van der Waals surface area contributed by atoms with Crippen molar-refractivity contribution < 1.29 is 37.3 Å². The molecule has 0 unspecified atom stereocenters. The van der Waals surface area contributed by atoms with Gasteiger partial charge in [0.05, 0.1) is 16.4 Å². The summed E-state index contributed by atoms with van der Waals surface area (Å²) < 4.78 is 47.9. The van der Waals surface area contributed by atoms with Crippen LogP contribution in [0.4, 0.5) is 18.0 Å². The highest BCUT2D eigenvalue weighted by atomic mass is 19.4. The lowest BCUT2D eigenvalue weighted by Gasteiger charge is -2.12. The molecule has 0 fully saturated rings. The molecule has 4 rings (SSSR count). The van der Waals surface area contributed by atoms with E-state index in [0.29, 0.717) is 27.4 Å². The Kier molecular flexibility index (Phi) is 5.93. The summed E-state index contributed by atoms with van der Waals surface area (Å²) >= 11 is 0. The van der Waals surface area contributed by atoms with Crippen LogP contribution in [0.1, 0.15) is 5.56 Å². The van der Waals surface area contributed by atoms with Gasteiger partial charge in [0, 0.05) is 11.9 Å². The highest BCUT2D eigenvalue weighted by molar-refractivity contribution is 6.15. The summed E-state index contributed by atoms with van der Waals surface area (Å²) in [7, 11) is 0. The summed E-state index contributed by atoms with van der Waals surface area (Å²) in [4.78, 5) is 24.7. The SMILES string of the molecule is O=C(CO)Oc1cccc2c1c1ccccc1n2C(=O)NCc1cccc(OC(F)(F)F)c1. The van der Waals surface area contributed by atoms with Crippen molar-refractivity contribution >= 4 is 33.8 Å². The average molecular weight is 458 g/mol. The Hall–Kier alpha value is -4.05. The van der Waals surface area contributed by atoms with E-state index < -0.39 is 25.0 Å². The van der Waals surface area contributed by atoms with Crippen molar-refractivity contribution in [3.63, 3.8) is 0 Å². The second-order valence-corrected chi connectivity index (χ2v) is 6.99. The third kappa shape index (κ3) is 4.75. The van der Waals surface area contributed by atoms with E-state index in [1.54, 1.807) is 48.5 Å². The smallest absolute Gasteiger partial charge is 0.424 e. The van der Waals surface area contributed by atoms with Crippen molar-refractivity contribution in [2.24, 2.45) is 0 Å². The van der Waals surface area contributed by atoms with Crippen molar-refractivity contribution in [3.05, 3.63) is 72.3 Å². The number of aliphatic hydroxyl groups is 1. The lowest BCUT2D eigenvalue weighted by molar-refractivity contribution is -0.274. The Labute approximate surface area is 184 Å². The minimum absolute atomic E-state index is 0.0545. The van der Waals surface area contributed by atoms with Crippen LogP contribution < -0.4 is 14.8 Å². The maximum atomic E-state index is 13.1. The average Bonchev–Trinajstić information content (AvgIpc) is 3.12. The molecular weight excluding hydrogens is 441 g/mol. The first-order chi connectivity index (χ1) is 15.8. The minimum atomic E-state index is -4.82. The number of alkyl halides is 3. The minimum Gasteiger partial charge on any atom is -0.424 e. The van der Waals surface area contributed by atoms with Gasteiger partial charge < -0.3 is 19.9 Å². The quantitative estimate of drug-likeness (QED) is 0.343. The van der Waals surface area contributed by atoms with E-state index in [4.69, 9.17) is 9.84 Å². The second kappa shape index (κ2) is 8.83. The number of amides is 1. The van der Waals surface area contributed by atoms with Crippen LogP contribution in [0.5, 0.6) is 11.5 Å². The summed E-state index contributed by atoms with van der Waals surface area (Å²) in [5.74, 6) is -1.04. The zero-order chi connectivity index (χ0) is 23.6. The lowest BCUT2D eigenvalue weighted by Crippen LogP contribution is -2.27. The van der Waals surface area contributed by atoms with Gasteiger partial charge in [-0.25, -0.2) is 9.59 Å². The summed E-state index contributed by atoms with van der Waals surface area (Å²) in [5.41, 5.74) is 1.39. The van der Waals surface area contributed by atoms with Crippen LogP contribution in [-0.4, -0.2) is 34.6 Å². The van der Waals surface area contributed by atoms with Crippen molar-refractivity contribution in [3.8, 4) is 11.5 Å². The van der Waals surface area contributed by atoms with E-state index in [1.165, 1.54) is 22.8 Å². The van der Waals surface area contributed by atoms with Gasteiger partial charge in [-0.05, 0) is 35.9 Å². The number of benzene rings is 3. The van der Waals surface area contributed by atoms with E-state index in [0.717, 1.165) is 0 Å². The van der Waals surface area contributed by atoms with Gasteiger partial charge in [0.25, 0.3) is 0 Å². The normalized spacial score (nSPS) is 11.5. The molecule has 0 aliphatic carbocycles. The van der Waals surface area contributed by atoms with Crippen LogP contribution in [0.3, 0.4) is 0 Å². The van der Waals surface area contributed by atoms with E-state index in [2.05, 4.69) is 10.1 Å². The molecule has 0 spiro atoms. The Morgan fingerprint density at radius 1 is 0.970 bits per heavy atom. The molecule has 0 saturated heterocycles. The number of ether oxygens (including phenoxy) is 2. The number of esters is 1. The number of hydrogen-bond donors (Lipinski definition) is 2. The number of para-hydroxylation sites is 1. The third-order valence-corrected chi connectivity index (χ3v) is 4.79. The third-order valence-electron chi connectivity index (χ3n) is 4.79. The topological polar surface area (TPSA) is 89.8 Å². The largest absolute Gasteiger partial charge is 0.573 e. The van der Waals surface area contributed by atoms with Crippen molar-refractivity contribution in [1.82, 2.24) is 9.88 Å². The van der Waals surface area contributed by atoms with Crippen molar-refractivity contribution in [1.29, 1.82) is 0 Å². The predicted octanol–water partition coefficient (Wildman–Crippen LogP) is 4.35. The number of halogens is 3. The molecule has 0 bridgehead atoms. The lowest BCUT2D eigenvalue weighted by atomic mass is 10.1. The van der Waals surface area contributed by atoms with Gasteiger partial charge in [-0.2, -0.15) is 0 Å². The molecule has 0 aliphatic rings. The van der Waals surface area contributed by atoms with E-state index in [9.17, 15) is 22.8 Å². The molecule has 0 saturated carbocycles. The van der Waals surface area contributed by atoms with E-state index >= 15 is 0 Å². The summed E-state index contributed by atoms with van der Waals surface area (Å²) in [6.45, 7) is -0.853. The number of nitrogens with zero attached hydrogens (tertiary/aromatic N) is 1. The highest BCUT2D eigenvalue weighted by Gasteiger charge is 2.31. The van der Waals surface area contributed by atoms with Gasteiger partial charge in [-0.3, -0.25) is 4.57 Å². The molecule has 4 aromatic rings. The summed E-state index contributed by atoms with van der Waals surface area (Å²) in [6, 6.07) is 16.6. The molecule has 1 amide bonds. The number of aliphatic hydroxyl groups excluding tert-OH is 1. The monoisotopic (exact) mass is 458 g/mol. The van der Waals surface area contributed by atoms with Crippen LogP contribution in [0, 0.1) is 0 Å². The molecular formula is C23H17F3N2O5. The van der Waals surface area contributed by atoms with E-state index in [-0.39, 0.29) is 18.0 Å². The first-order valence-corrected chi connectivity index (χ1v) is 9.73. The number of fused-ring (bicyclic) bond motifs is 3. The molecule has 170 valence electrons. The molecule has 3 aromatic carbocycles. The second-order valence-electron chi connectivity index (χ2n) is 6.99. The van der Waals surface area contributed by atoms with Crippen LogP contribution in [0.15, 0.2) is 66.7 Å². The van der Waals surface area contributed by atoms with E-state index in [1.807, 2.05) is 0 Å². The van der Waals surface area contributed by atoms with Crippen molar-refractivity contribution in [2.75, 3.05) is 6.61 Å². The highest BCUT2D eigenvalue weighted by Crippen LogP contribution is 2.35. The first-order valence-electron chi connectivity index (χ1n) is 9.73. The van der Waals surface area contributed by atoms with Crippen LogP contribution in [-0.2, 0) is 11.3 Å². The van der Waals surface area contributed by atoms with Crippen molar-refractivity contribution in [2.45, 2.75) is 12.9 Å². The predicted molar refractivity (Wildman–Crippen MR) is 113 cm³/mol. The number of carbonyl (C=O) groups excluding carboxylic acids is 2. The summed E-state index contributed by atoms with van der Waals surface area (Å²) in [6.07, 6.45) is -4.82. The molecule has 0 radical (unpaired) electrons. The number of rotatable bonds is 5. The Balaban J connectivity index is 1.67. The molecule has 1 aromatic heterocycles. The number of carbonyl (C=O) groups is 2. The molecule has 10 heteroatoms. The Bertz CT molecular complexity index is 1350. The molecule has 0 aliphatic heterocycles. The number of nitrogens with one attached hydrogen (secondary N) is 1. The van der Waals surface area contributed by atoms with Gasteiger partial charge in [0.2, 0.25) is 0 Å². The number of aromatic nitrogens is 1. The zero-order valence-corrected chi connectivity index (χ0v) is 16.9. The van der Waals surface area contributed by atoms with Crippen LogP contribution >= 0.6 is 0 Å². The van der Waals surface area contributed by atoms with Gasteiger partial charge in [-0.15, -0.1) is 13.2 Å². The van der Waals surface area contributed by atoms with Crippen LogP contribution in [0.25, 0.3) is 21.8 Å². The van der Waals surface area contributed by atoms with Gasteiger partial charge >= 0.3 is 18.4 Å².